The van der Waals surface area contributed by atoms with Crippen LogP contribution in [0.4, 0.5) is 0 Å². The number of carbonyl (C=O) groups is 3. The molecular formula is C15H17Cl3N2O5. The number of aromatic nitrogens is 1. The number of rotatable bonds is 7. The number of carbonyl (C=O) groups excluding carboxylic acids is 3. The molecule has 1 aromatic rings. The van der Waals surface area contributed by atoms with Crippen LogP contribution in [0.2, 0.25) is 15.1 Å². The van der Waals surface area contributed by atoms with Crippen LogP contribution in [0, 0.1) is 5.92 Å². The van der Waals surface area contributed by atoms with Gasteiger partial charge in [0.25, 0.3) is 5.91 Å². The van der Waals surface area contributed by atoms with Gasteiger partial charge in [-0.2, -0.15) is 0 Å². The minimum atomic E-state index is -0.947. The van der Waals surface area contributed by atoms with Gasteiger partial charge in [0.05, 0.1) is 22.2 Å². The number of ether oxygens (including phenoxy) is 2. The molecular weight excluding hydrogens is 395 g/mol. The summed E-state index contributed by atoms with van der Waals surface area (Å²) in [5.41, 5.74) is -0.268. The third-order valence-electron chi connectivity index (χ3n) is 3.43. The summed E-state index contributed by atoms with van der Waals surface area (Å²) in [4.78, 5) is 39.4. The highest BCUT2D eigenvalue weighted by Crippen LogP contribution is 2.31. The number of hydrogen-bond acceptors (Lipinski definition) is 6. The quantitative estimate of drug-likeness (QED) is 0.693. The van der Waals surface area contributed by atoms with Crippen LogP contribution in [-0.4, -0.2) is 42.6 Å². The van der Waals surface area contributed by atoms with E-state index in [1.54, 1.807) is 6.92 Å². The Morgan fingerprint density at radius 1 is 1.24 bits per heavy atom. The zero-order valence-corrected chi connectivity index (χ0v) is 16.0. The first-order valence-electron chi connectivity index (χ1n) is 7.26. The molecule has 0 aromatic carbocycles. The molecule has 0 radical (unpaired) electrons. The van der Waals surface area contributed by atoms with Crippen LogP contribution < -0.4 is 5.32 Å². The standard InChI is InChI=1S/C15H17Cl3N2O5/c1-4-7(2)12(14(22)24-3)20-9(21)6-25-15(23)13-11(18)10(17)8(16)5-19-13/h5,7,12H,4,6H2,1-3H3,(H,20,21)/t7-,12+/m0/s1. The molecule has 7 nitrogen and oxygen atoms in total. The third kappa shape index (κ3) is 5.73. The predicted octanol–water partition coefficient (Wildman–Crippen LogP) is 2.90. The maximum atomic E-state index is 12.0. The molecule has 2 atom stereocenters. The molecule has 0 saturated heterocycles. The van der Waals surface area contributed by atoms with Gasteiger partial charge in [-0.25, -0.2) is 14.6 Å². The Kier molecular flexibility index (Phi) is 8.41. The average Bonchev–Trinajstić information content (AvgIpc) is 2.60. The number of methoxy groups -OCH3 is 1. The lowest BCUT2D eigenvalue weighted by atomic mass is 9.99. The molecule has 1 amide bonds. The highest BCUT2D eigenvalue weighted by Gasteiger charge is 2.27. The summed E-state index contributed by atoms with van der Waals surface area (Å²) in [5.74, 6) is -2.35. The van der Waals surface area contributed by atoms with E-state index in [2.05, 4.69) is 15.0 Å². The van der Waals surface area contributed by atoms with E-state index in [0.717, 1.165) is 6.20 Å². The van der Waals surface area contributed by atoms with Gasteiger partial charge in [0, 0.05) is 6.20 Å². The van der Waals surface area contributed by atoms with E-state index < -0.39 is 30.5 Å². The molecule has 0 aliphatic rings. The molecule has 1 aromatic heterocycles. The van der Waals surface area contributed by atoms with Crippen molar-refractivity contribution >= 4 is 52.6 Å². The second kappa shape index (κ2) is 9.79. The fourth-order valence-electron chi connectivity index (χ4n) is 1.80. The topological polar surface area (TPSA) is 94.6 Å². The van der Waals surface area contributed by atoms with Crippen molar-refractivity contribution in [3.8, 4) is 0 Å². The maximum absolute atomic E-state index is 12.0. The second-order valence-corrected chi connectivity index (χ2v) is 6.28. The van der Waals surface area contributed by atoms with E-state index in [-0.39, 0.29) is 26.7 Å². The van der Waals surface area contributed by atoms with Gasteiger partial charge in [-0.3, -0.25) is 4.79 Å². The van der Waals surface area contributed by atoms with Crippen LogP contribution in [0.3, 0.4) is 0 Å². The summed E-state index contributed by atoms with van der Waals surface area (Å²) in [6, 6.07) is -0.840. The smallest absolute Gasteiger partial charge is 0.359 e. The lowest BCUT2D eigenvalue weighted by molar-refractivity contribution is -0.147. The Morgan fingerprint density at radius 2 is 1.88 bits per heavy atom. The van der Waals surface area contributed by atoms with Gasteiger partial charge in [0.1, 0.15) is 6.04 Å². The SMILES string of the molecule is CC[C@H](C)[C@@H](NC(=O)COC(=O)c1ncc(Cl)c(Cl)c1Cl)C(=O)OC. The molecule has 0 aliphatic carbocycles. The lowest BCUT2D eigenvalue weighted by Gasteiger charge is -2.21. The molecule has 0 bridgehead atoms. The van der Waals surface area contributed by atoms with Gasteiger partial charge in [-0.1, -0.05) is 55.1 Å². The predicted molar refractivity (Wildman–Crippen MR) is 93.0 cm³/mol. The summed E-state index contributed by atoms with van der Waals surface area (Å²) in [7, 11) is 1.22. The average molecular weight is 412 g/mol. The maximum Gasteiger partial charge on any atom is 0.359 e. The highest BCUT2D eigenvalue weighted by atomic mass is 35.5. The third-order valence-corrected chi connectivity index (χ3v) is 4.67. The molecule has 1 heterocycles. The minimum Gasteiger partial charge on any atom is -0.467 e. The van der Waals surface area contributed by atoms with Crippen LogP contribution in [0.25, 0.3) is 0 Å². The van der Waals surface area contributed by atoms with Crippen LogP contribution in [0.1, 0.15) is 30.8 Å². The number of nitrogens with zero attached hydrogens (tertiary/aromatic N) is 1. The van der Waals surface area contributed by atoms with Gasteiger partial charge in [-0.15, -0.1) is 0 Å². The molecule has 1 N–H and O–H groups in total. The molecule has 0 unspecified atom stereocenters. The molecule has 10 heteroatoms. The second-order valence-electron chi connectivity index (χ2n) is 5.11. The monoisotopic (exact) mass is 410 g/mol. The van der Waals surface area contributed by atoms with Crippen molar-refractivity contribution in [1.82, 2.24) is 10.3 Å². The minimum absolute atomic E-state index is 0.0442. The van der Waals surface area contributed by atoms with E-state index in [0.29, 0.717) is 6.42 Å². The first kappa shape index (κ1) is 21.5. The molecule has 1 rings (SSSR count). The number of halogens is 3. The summed E-state index contributed by atoms with van der Waals surface area (Å²) in [6.07, 6.45) is 1.78. The molecule has 0 saturated carbocycles. The Bertz CT molecular complexity index is 669. The van der Waals surface area contributed by atoms with Crippen LogP contribution in [0.5, 0.6) is 0 Å². The number of pyridine rings is 1. The Hall–Kier alpha value is -1.57. The zero-order valence-electron chi connectivity index (χ0n) is 13.8. The number of nitrogens with one attached hydrogen (secondary N) is 1. The van der Waals surface area contributed by atoms with Gasteiger partial charge < -0.3 is 14.8 Å². The Morgan fingerprint density at radius 3 is 2.44 bits per heavy atom. The first-order valence-corrected chi connectivity index (χ1v) is 8.40. The van der Waals surface area contributed by atoms with Gasteiger partial charge in [-0.05, 0) is 5.92 Å². The van der Waals surface area contributed by atoms with Crippen molar-refractivity contribution in [2.75, 3.05) is 13.7 Å². The summed E-state index contributed by atoms with van der Waals surface area (Å²) >= 11 is 17.4. The molecule has 138 valence electrons. The van der Waals surface area contributed by atoms with E-state index in [1.807, 2.05) is 6.92 Å². The fraction of sp³-hybridized carbons (Fsp3) is 0.467. The van der Waals surface area contributed by atoms with Gasteiger partial charge in [0.15, 0.2) is 12.3 Å². The summed E-state index contributed by atoms with van der Waals surface area (Å²) in [6.45, 7) is 3.03. The molecule has 0 spiro atoms. The van der Waals surface area contributed by atoms with Crippen molar-refractivity contribution < 1.29 is 23.9 Å². The van der Waals surface area contributed by atoms with E-state index in [4.69, 9.17) is 39.5 Å². The lowest BCUT2D eigenvalue weighted by Crippen LogP contribution is -2.47. The van der Waals surface area contributed by atoms with Crippen molar-refractivity contribution in [3.05, 3.63) is 27.0 Å². The molecule has 0 aliphatic heterocycles. The van der Waals surface area contributed by atoms with Crippen LogP contribution in [0.15, 0.2) is 6.20 Å². The largest absolute Gasteiger partial charge is 0.467 e. The number of amides is 1. The number of hydrogen-bond donors (Lipinski definition) is 1. The fourth-order valence-corrected chi connectivity index (χ4v) is 2.35. The highest BCUT2D eigenvalue weighted by molar-refractivity contribution is 6.48. The van der Waals surface area contributed by atoms with Crippen molar-refractivity contribution in [1.29, 1.82) is 0 Å². The Labute approximate surface area is 159 Å². The van der Waals surface area contributed by atoms with E-state index >= 15 is 0 Å². The molecule has 25 heavy (non-hydrogen) atoms. The van der Waals surface area contributed by atoms with Gasteiger partial charge in [0.2, 0.25) is 0 Å². The van der Waals surface area contributed by atoms with Crippen molar-refractivity contribution in [3.63, 3.8) is 0 Å². The normalized spacial score (nSPS) is 12.9. The van der Waals surface area contributed by atoms with Crippen LogP contribution in [-0.2, 0) is 19.1 Å². The molecule has 0 fully saturated rings. The van der Waals surface area contributed by atoms with E-state index in [1.165, 1.54) is 7.11 Å². The van der Waals surface area contributed by atoms with Crippen molar-refractivity contribution in [2.45, 2.75) is 26.3 Å². The van der Waals surface area contributed by atoms with Crippen LogP contribution >= 0.6 is 34.8 Å². The first-order chi connectivity index (χ1) is 11.7. The Balaban J connectivity index is 2.71. The number of esters is 2. The van der Waals surface area contributed by atoms with Crippen molar-refractivity contribution in [2.24, 2.45) is 5.92 Å². The van der Waals surface area contributed by atoms with Gasteiger partial charge >= 0.3 is 11.9 Å². The zero-order chi connectivity index (χ0) is 19.1. The summed E-state index contributed by atoms with van der Waals surface area (Å²) < 4.78 is 9.50. The summed E-state index contributed by atoms with van der Waals surface area (Å²) in [5, 5.41) is 2.33. The van der Waals surface area contributed by atoms with E-state index in [9.17, 15) is 14.4 Å².